The molecule has 1 aromatic rings. The van der Waals surface area contributed by atoms with Gasteiger partial charge in [-0.2, -0.15) is 0 Å². The number of amides is 2. The Kier molecular flexibility index (Phi) is 3.52. The van der Waals surface area contributed by atoms with E-state index in [1.54, 1.807) is 11.8 Å². The molecule has 1 fully saturated rings. The van der Waals surface area contributed by atoms with Gasteiger partial charge < -0.3 is 0 Å². The molecule has 90 valence electrons. The number of imide groups is 1. The predicted octanol–water partition coefficient (Wildman–Crippen LogP) is 2.20. The van der Waals surface area contributed by atoms with Gasteiger partial charge in [-0.1, -0.05) is 17.7 Å². The summed E-state index contributed by atoms with van der Waals surface area (Å²) in [6, 6.07) is 6.19. The van der Waals surface area contributed by atoms with Crippen molar-refractivity contribution in [1.82, 2.24) is 5.32 Å². The Labute approximate surface area is 105 Å². The van der Waals surface area contributed by atoms with Crippen LogP contribution in [0.4, 0.5) is 0 Å². The molecule has 0 bridgehead atoms. The van der Waals surface area contributed by atoms with E-state index in [4.69, 9.17) is 0 Å². The van der Waals surface area contributed by atoms with Crippen LogP contribution in [0.1, 0.15) is 24.0 Å². The Balaban J connectivity index is 2.10. The number of aryl methyl sites for hydroxylation is 2. The molecule has 1 N–H and O–H groups in total. The zero-order valence-corrected chi connectivity index (χ0v) is 10.8. The Morgan fingerprint density at radius 3 is 2.71 bits per heavy atom. The summed E-state index contributed by atoms with van der Waals surface area (Å²) in [6.07, 6.45) is 1.07. The summed E-state index contributed by atoms with van der Waals surface area (Å²) in [5, 5.41) is 2.24. The van der Waals surface area contributed by atoms with Gasteiger partial charge in [0.05, 0.1) is 5.25 Å². The first kappa shape index (κ1) is 12.2. The molecule has 2 rings (SSSR count). The van der Waals surface area contributed by atoms with Crippen molar-refractivity contribution in [2.75, 3.05) is 0 Å². The lowest BCUT2D eigenvalue weighted by Gasteiger charge is -2.21. The Bertz CT molecular complexity index is 470. The van der Waals surface area contributed by atoms with E-state index in [9.17, 15) is 9.59 Å². The quantitative estimate of drug-likeness (QED) is 0.817. The van der Waals surface area contributed by atoms with E-state index in [2.05, 4.69) is 11.4 Å². The normalized spacial score (nSPS) is 20.2. The third kappa shape index (κ3) is 2.88. The predicted molar refractivity (Wildman–Crippen MR) is 67.9 cm³/mol. The fourth-order valence-electron chi connectivity index (χ4n) is 1.87. The molecule has 17 heavy (non-hydrogen) atoms. The van der Waals surface area contributed by atoms with Crippen molar-refractivity contribution in [2.45, 2.75) is 36.8 Å². The summed E-state index contributed by atoms with van der Waals surface area (Å²) in [7, 11) is 0. The maximum absolute atomic E-state index is 11.6. The van der Waals surface area contributed by atoms with Crippen LogP contribution in [0.25, 0.3) is 0 Å². The van der Waals surface area contributed by atoms with E-state index in [0.717, 1.165) is 4.90 Å². The minimum absolute atomic E-state index is 0.144. The molecule has 2 amide bonds. The number of benzene rings is 1. The van der Waals surface area contributed by atoms with E-state index in [0.29, 0.717) is 12.8 Å². The van der Waals surface area contributed by atoms with Crippen LogP contribution in [-0.2, 0) is 9.59 Å². The third-order valence-corrected chi connectivity index (χ3v) is 4.23. The van der Waals surface area contributed by atoms with Crippen LogP contribution >= 0.6 is 11.8 Å². The molecule has 1 unspecified atom stereocenters. The summed E-state index contributed by atoms with van der Waals surface area (Å²) >= 11 is 1.55. The van der Waals surface area contributed by atoms with Gasteiger partial charge in [-0.05, 0) is 31.9 Å². The van der Waals surface area contributed by atoms with Crippen molar-refractivity contribution in [2.24, 2.45) is 0 Å². The zero-order valence-electron chi connectivity index (χ0n) is 9.95. The van der Waals surface area contributed by atoms with Gasteiger partial charge >= 0.3 is 0 Å². The number of carbonyl (C=O) groups is 2. The van der Waals surface area contributed by atoms with E-state index < -0.39 is 0 Å². The number of nitrogens with one attached hydrogen (secondary N) is 1. The average Bonchev–Trinajstić information content (AvgIpc) is 2.25. The Morgan fingerprint density at radius 1 is 1.29 bits per heavy atom. The molecule has 0 saturated carbocycles. The lowest BCUT2D eigenvalue weighted by Crippen LogP contribution is -2.42. The van der Waals surface area contributed by atoms with E-state index in [1.807, 2.05) is 26.0 Å². The van der Waals surface area contributed by atoms with Crippen molar-refractivity contribution in [3.63, 3.8) is 0 Å². The van der Waals surface area contributed by atoms with Crippen molar-refractivity contribution in [1.29, 1.82) is 0 Å². The molecule has 1 heterocycles. The van der Waals surface area contributed by atoms with Gasteiger partial charge in [0.1, 0.15) is 0 Å². The second kappa shape index (κ2) is 4.92. The van der Waals surface area contributed by atoms with Crippen molar-refractivity contribution in [3.05, 3.63) is 29.3 Å². The van der Waals surface area contributed by atoms with Crippen LogP contribution in [-0.4, -0.2) is 17.1 Å². The fraction of sp³-hybridized carbons (Fsp3) is 0.385. The molecule has 0 radical (unpaired) electrons. The van der Waals surface area contributed by atoms with Crippen LogP contribution in [0.15, 0.2) is 23.1 Å². The van der Waals surface area contributed by atoms with Gasteiger partial charge in [0.15, 0.2) is 0 Å². The van der Waals surface area contributed by atoms with Gasteiger partial charge in [0.2, 0.25) is 11.8 Å². The van der Waals surface area contributed by atoms with Crippen molar-refractivity contribution >= 4 is 23.6 Å². The Morgan fingerprint density at radius 2 is 2.06 bits per heavy atom. The highest BCUT2D eigenvalue weighted by Gasteiger charge is 2.27. The molecule has 1 saturated heterocycles. The number of hydrogen-bond donors (Lipinski definition) is 1. The number of rotatable bonds is 2. The molecule has 4 heteroatoms. The van der Waals surface area contributed by atoms with Crippen LogP contribution in [0.5, 0.6) is 0 Å². The van der Waals surface area contributed by atoms with Crippen molar-refractivity contribution in [3.8, 4) is 0 Å². The van der Waals surface area contributed by atoms with Crippen LogP contribution in [0.2, 0.25) is 0 Å². The smallest absolute Gasteiger partial charge is 0.240 e. The van der Waals surface area contributed by atoms with Crippen molar-refractivity contribution < 1.29 is 9.59 Å². The van der Waals surface area contributed by atoms with Crippen LogP contribution in [0, 0.1) is 13.8 Å². The summed E-state index contributed by atoms with van der Waals surface area (Å²) in [4.78, 5) is 23.8. The molecule has 3 nitrogen and oxygen atoms in total. The minimum Gasteiger partial charge on any atom is -0.295 e. The zero-order chi connectivity index (χ0) is 12.4. The fourth-order valence-corrected chi connectivity index (χ4v) is 2.97. The highest BCUT2D eigenvalue weighted by Crippen LogP contribution is 2.30. The van der Waals surface area contributed by atoms with E-state index >= 15 is 0 Å². The first-order valence-corrected chi connectivity index (χ1v) is 6.52. The van der Waals surface area contributed by atoms with E-state index in [1.165, 1.54) is 11.1 Å². The highest BCUT2D eigenvalue weighted by atomic mass is 32.2. The van der Waals surface area contributed by atoms with Gasteiger partial charge in [0.25, 0.3) is 0 Å². The molecular weight excluding hydrogens is 234 g/mol. The summed E-state index contributed by atoms with van der Waals surface area (Å²) in [5.74, 6) is -0.321. The first-order valence-electron chi connectivity index (χ1n) is 5.64. The maximum atomic E-state index is 11.6. The monoisotopic (exact) mass is 249 g/mol. The first-order chi connectivity index (χ1) is 8.06. The summed E-state index contributed by atoms with van der Waals surface area (Å²) < 4.78 is 0. The number of piperidine rings is 1. The molecule has 1 aromatic carbocycles. The number of hydrogen-bond acceptors (Lipinski definition) is 3. The average molecular weight is 249 g/mol. The maximum Gasteiger partial charge on any atom is 0.240 e. The van der Waals surface area contributed by atoms with Gasteiger partial charge in [-0.25, -0.2) is 0 Å². The molecule has 0 aromatic heterocycles. The molecule has 1 aliphatic heterocycles. The largest absolute Gasteiger partial charge is 0.295 e. The molecule has 1 atom stereocenters. The molecule has 0 aliphatic carbocycles. The van der Waals surface area contributed by atoms with Crippen LogP contribution in [0.3, 0.4) is 0 Å². The lowest BCUT2D eigenvalue weighted by atomic mass is 10.1. The number of carbonyl (C=O) groups excluding carboxylic acids is 2. The summed E-state index contributed by atoms with van der Waals surface area (Å²) in [5.41, 5.74) is 2.40. The molecule has 1 aliphatic rings. The number of thioether (sulfide) groups is 1. The minimum atomic E-state index is -0.161. The topological polar surface area (TPSA) is 46.2 Å². The van der Waals surface area contributed by atoms with E-state index in [-0.39, 0.29) is 17.1 Å². The van der Waals surface area contributed by atoms with Gasteiger partial charge in [-0.15, -0.1) is 11.8 Å². The molecular formula is C13H15NO2S. The second-order valence-electron chi connectivity index (χ2n) is 4.33. The van der Waals surface area contributed by atoms with Crippen LogP contribution < -0.4 is 5.32 Å². The standard InChI is InChI=1S/C13H15NO2S/c1-8-3-4-10(9(2)7-8)17-11-5-6-12(15)14-13(11)16/h3-4,7,11H,5-6H2,1-2H3,(H,14,15,16). The van der Waals surface area contributed by atoms with Gasteiger partial charge in [0, 0.05) is 11.3 Å². The molecule has 0 spiro atoms. The SMILES string of the molecule is Cc1ccc(SC2CCC(=O)NC2=O)c(C)c1. The van der Waals surface area contributed by atoms with Gasteiger partial charge in [-0.3, -0.25) is 14.9 Å². The second-order valence-corrected chi connectivity index (χ2v) is 5.57. The third-order valence-electron chi connectivity index (χ3n) is 2.79. The highest BCUT2D eigenvalue weighted by molar-refractivity contribution is 8.00. The lowest BCUT2D eigenvalue weighted by molar-refractivity contribution is -0.132. The Hall–Kier alpha value is -1.29. The summed E-state index contributed by atoms with van der Waals surface area (Å²) in [6.45, 7) is 4.09.